The van der Waals surface area contributed by atoms with Crippen molar-refractivity contribution in [2.24, 2.45) is 4.99 Å². The number of benzene rings is 1. The normalized spacial score (nSPS) is 11.5. The Labute approximate surface area is 150 Å². The summed E-state index contributed by atoms with van der Waals surface area (Å²) in [5.41, 5.74) is 2.51. The highest BCUT2D eigenvalue weighted by Crippen LogP contribution is 2.15. The Hall–Kier alpha value is -2.67. The van der Waals surface area contributed by atoms with Crippen molar-refractivity contribution in [1.82, 2.24) is 20.2 Å². The van der Waals surface area contributed by atoms with Gasteiger partial charge in [0.1, 0.15) is 5.82 Å². The third-order valence-electron chi connectivity index (χ3n) is 3.60. The number of aromatic nitrogens is 2. The molecule has 0 unspecified atom stereocenters. The van der Waals surface area contributed by atoms with Gasteiger partial charge in [0, 0.05) is 25.5 Å². The number of nitrogens with one attached hydrogen (secondary N) is 2. The van der Waals surface area contributed by atoms with Crippen molar-refractivity contribution < 1.29 is 4.39 Å². The number of hydrogen-bond donors (Lipinski definition) is 2. The zero-order valence-corrected chi connectivity index (χ0v) is 14.8. The van der Waals surface area contributed by atoms with Gasteiger partial charge in [0.15, 0.2) is 5.96 Å². The van der Waals surface area contributed by atoms with Crippen molar-refractivity contribution in [3.63, 3.8) is 0 Å². The number of nitrogens with zero attached hydrogens (tertiary/aromatic N) is 3. The van der Waals surface area contributed by atoms with Gasteiger partial charge in [0.25, 0.3) is 0 Å². The summed E-state index contributed by atoms with van der Waals surface area (Å²) in [6.45, 7) is 3.90. The molecule has 0 aliphatic carbocycles. The highest BCUT2D eigenvalue weighted by molar-refractivity contribution is 7.07. The summed E-state index contributed by atoms with van der Waals surface area (Å²) in [5, 5.41) is 10.6. The van der Waals surface area contributed by atoms with Gasteiger partial charge in [-0.1, -0.05) is 6.07 Å². The largest absolute Gasteiger partial charge is 0.357 e. The molecule has 0 aliphatic heterocycles. The SMILES string of the molecule is CCNC(=NCc1ccsc1)NCc1ccc(-n2ccnc2)c(F)c1. The number of halogens is 1. The third kappa shape index (κ3) is 4.67. The molecule has 0 amide bonds. The molecule has 0 saturated heterocycles. The lowest BCUT2D eigenvalue weighted by Crippen LogP contribution is -2.36. The number of thiophene rings is 1. The highest BCUT2D eigenvalue weighted by atomic mass is 32.1. The van der Waals surface area contributed by atoms with Gasteiger partial charge in [0.05, 0.1) is 18.6 Å². The van der Waals surface area contributed by atoms with Crippen molar-refractivity contribution in [2.75, 3.05) is 6.54 Å². The molecule has 3 aromatic rings. The fourth-order valence-corrected chi connectivity index (χ4v) is 3.01. The topological polar surface area (TPSA) is 54.2 Å². The van der Waals surface area contributed by atoms with Gasteiger partial charge < -0.3 is 15.2 Å². The van der Waals surface area contributed by atoms with Gasteiger partial charge >= 0.3 is 0 Å². The number of rotatable bonds is 6. The summed E-state index contributed by atoms with van der Waals surface area (Å²) in [5.74, 6) is 0.435. The maximum absolute atomic E-state index is 14.3. The van der Waals surface area contributed by atoms with Crippen molar-refractivity contribution >= 4 is 17.3 Å². The van der Waals surface area contributed by atoms with Crippen molar-refractivity contribution in [3.8, 4) is 5.69 Å². The Morgan fingerprint density at radius 3 is 2.88 bits per heavy atom. The molecule has 1 aromatic carbocycles. The van der Waals surface area contributed by atoms with Gasteiger partial charge in [-0.05, 0) is 47.0 Å². The second-order valence-electron chi connectivity index (χ2n) is 5.44. The summed E-state index contributed by atoms with van der Waals surface area (Å²) in [4.78, 5) is 8.49. The number of guanidine groups is 1. The molecule has 0 bridgehead atoms. The molecule has 0 saturated carbocycles. The van der Waals surface area contributed by atoms with E-state index in [1.807, 2.05) is 18.4 Å². The van der Waals surface area contributed by atoms with Crippen LogP contribution in [-0.4, -0.2) is 22.1 Å². The molecule has 2 heterocycles. The van der Waals surface area contributed by atoms with E-state index in [2.05, 4.69) is 32.1 Å². The quantitative estimate of drug-likeness (QED) is 0.526. The van der Waals surface area contributed by atoms with E-state index in [-0.39, 0.29) is 5.82 Å². The standard InChI is InChI=1S/C18H20FN5S/c1-2-21-18(23-11-15-5-8-25-12-15)22-10-14-3-4-17(16(19)9-14)24-7-6-20-13-24/h3-9,12-13H,2,10-11H2,1H3,(H2,21,22,23). The Morgan fingerprint density at radius 1 is 1.28 bits per heavy atom. The first-order valence-corrected chi connectivity index (χ1v) is 9.00. The van der Waals surface area contributed by atoms with E-state index in [1.165, 1.54) is 11.6 Å². The smallest absolute Gasteiger partial charge is 0.191 e. The molecule has 0 radical (unpaired) electrons. The molecular formula is C18H20FN5S. The monoisotopic (exact) mass is 357 g/mol. The maximum atomic E-state index is 14.3. The molecule has 3 rings (SSSR count). The third-order valence-corrected chi connectivity index (χ3v) is 4.33. The van der Waals surface area contributed by atoms with Crippen LogP contribution in [0.25, 0.3) is 5.69 Å². The molecule has 0 fully saturated rings. The molecule has 0 spiro atoms. The summed E-state index contributed by atoms with van der Waals surface area (Å²) >= 11 is 1.66. The van der Waals surface area contributed by atoms with Crippen LogP contribution < -0.4 is 10.6 Å². The van der Waals surface area contributed by atoms with Crippen LogP contribution in [0.4, 0.5) is 4.39 Å². The number of aliphatic imine (C=N–C) groups is 1. The van der Waals surface area contributed by atoms with E-state index >= 15 is 0 Å². The fraction of sp³-hybridized carbons (Fsp3) is 0.222. The van der Waals surface area contributed by atoms with Crippen LogP contribution in [0.15, 0.2) is 58.7 Å². The molecule has 130 valence electrons. The Bertz CT molecular complexity index is 812. The van der Waals surface area contributed by atoms with Crippen LogP contribution in [-0.2, 0) is 13.1 Å². The van der Waals surface area contributed by atoms with Crippen LogP contribution in [0.2, 0.25) is 0 Å². The molecule has 25 heavy (non-hydrogen) atoms. The van der Waals surface area contributed by atoms with Gasteiger partial charge in [-0.2, -0.15) is 11.3 Å². The fourth-order valence-electron chi connectivity index (χ4n) is 2.35. The zero-order chi connectivity index (χ0) is 17.5. The average Bonchev–Trinajstić information content (AvgIpc) is 3.31. The Balaban J connectivity index is 1.64. The molecule has 0 atom stereocenters. The maximum Gasteiger partial charge on any atom is 0.191 e. The van der Waals surface area contributed by atoms with Crippen LogP contribution >= 0.6 is 11.3 Å². The lowest BCUT2D eigenvalue weighted by molar-refractivity contribution is 0.615. The molecule has 2 N–H and O–H groups in total. The predicted octanol–water partition coefficient (Wildman–Crippen LogP) is 3.33. The lowest BCUT2D eigenvalue weighted by atomic mass is 10.2. The first kappa shape index (κ1) is 17.2. The van der Waals surface area contributed by atoms with E-state index in [0.29, 0.717) is 24.7 Å². The van der Waals surface area contributed by atoms with E-state index < -0.39 is 0 Å². The number of hydrogen-bond acceptors (Lipinski definition) is 3. The van der Waals surface area contributed by atoms with E-state index in [1.54, 1.807) is 40.7 Å². The van der Waals surface area contributed by atoms with Crippen LogP contribution in [0.5, 0.6) is 0 Å². The molecule has 2 aromatic heterocycles. The Kier molecular flexibility index (Phi) is 5.79. The van der Waals surface area contributed by atoms with Gasteiger partial charge in [-0.25, -0.2) is 14.4 Å². The predicted molar refractivity (Wildman–Crippen MR) is 99.5 cm³/mol. The minimum atomic E-state index is -0.280. The van der Waals surface area contributed by atoms with Crippen molar-refractivity contribution in [3.05, 3.63) is 70.7 Å². The minimum absolute atomic E-state index is 0.280. The second kappa shape index (κ2) is 8.43. The lowest BCUT2D eigenvalue weighted by Gasteiger charge is -2.12. The Morgan fingerprint density at radius 2 is 2.20 bits per heavy atom. The van der Waals surface area contributed by atoms with Crippen LogP contribution in [0.3, 0.4) is 0 Å². The van der Waals surface area contributed by atoms with Crippen LogP contribution in [0, 0.1) is 5.82 Å². The van der Waals surface area contributed by atoms with E-state index in [9.17, 15) is 4.39 Å². The first-order valence-electron chi connectivity index (χ1n) is 8.06. The van der Waals surface area contributed by atoms with Crippen LogP contribution in [0.1, 0.15) is 18.1 Å². The molecular weight excluding hydrogens is 337 g/mol. The van der Waals surface area contributed by atoms with Gasteiger partial charge in [0.2, 0.25) is 0 Å². The second-order valence-corrected chi connectivity index (χ2v) is 6.22. The summed E-state index contributed by atoms with van der Waals surface area (Å²) < 4.78 is 16.0. The molecule has 7 heteroatoms. The molecule has 0 aliphatic rings. The van der Waals surface area contributed by atoms with Gasteiger partial charge in [-0.15, -0.1) is 0 Å². The average molecular weight is 357 g/mol. The summed E-state index contributed by atoms with van der Waals surface area (Å²) in [7, 11) is 0. The highest BCUT2D eigenvalue weighted by Gasteiger charge is 2.06. The van der Waals surface area contributed by atoms with Gasteiger partial charge in [-0.3, -0.25) is 0 Å². The van der Waals surface area contributed by atoms with E-state index in [4.69, 9.17) is 0 Å². The van der Waals surface area contributed by atoms with Crippen molar-refractivity contribution in [2.45, 2.75) is 20.0 Å². The summed E-state index contributed by atoms with van der Waals surface area (Å²) in [6, 6.07) is 7.24. The van der Waals surface area contributed by atoms with E-state index in [0.717, 1.165) is 12.1 Å². The van der Waals surface area contributed by atoms with Crippen molar-refractivity contribution in [1.29, 1.82) is 0 Å². The minimum Gasteiger partial charge on any atom is -0.357 e. The first-order chi connectivity index (χ1) is 12.3. The molecule has 5 nitrogen and oxygen atoms in total. The summed E-state index contributed by atoms with van der Waals surface area (Å²) in [6.07, 6.45) is 4.93. The number of imidazole rings is 1. The zero-order valence-electron chi connectivity index (χ0n) is 13.9.